The summed E-state index contributed by atoms with van der Waals surface area (Å²) in [4.78, 5) is 11.8. The lowest BCUT2D eigenvalue weighted by atomic mass is 9.54. The molecule has 1 rings (SSSR count). The molecule has 82 valence electrons. The van der Waals surface area contributed by atoms with E-state index in [2.05, 4.69) is 27.7 Å². The van der Waals surface area contributed by atoms with Gasteiger partial charge in [0.2, 0.25) is 0 Å². The standard InChI is InChI=1S/C12H22O2/c1-10(2)7-8-14-9(13)11(3,4)12(10,5)6/h7-8H2,1-6H3. The van der Waals surface area contributed by atoms with Crippen LogP contribution in [0.15, 0.2) is 0 Å². The second-order valence-corrected chi connectivity index (χ2v) is 6.02. The Labute approximate surface area is 87.0 Å². The maximum Gasteiger partial charge on any atom is 0.312 e. The predicted octanol–water partition coefficient (Wildman–Crippen LogP) is 3.01. The van der Waals surface area contributed by atoms with Crippen LogP contribution in [0.1, 0.15) is 48.0 Å². The summed E-state index contributed by atoms with van der Waals surface area (Å²) in [6.45, 7) is 13.3. The summed E-state index contributed by atoms with van der Waals surface area (Å²) in [7, 11) is 0. The van der Waals surface area contributed by atoms with Crippen molar-refractivity contribution in [1.29, 1.82) is 0 Å². The molecule has 0 saturated carbocycles. The van der Waals surface area contributed by atoms with Gasteiger partial charge in [-0.3, -0.25) is 4.79 Å². The molecule has 1 aliphatic heterocycles. The van der Waals surface area contributed by atoms with Crippen molar-refractivity contribution in [3.05, 3.63) is 0 Å². The molecule has 1 saturated heterocycles. The van der Waals surface area contributed by atoms with E-state index >= 15 is 0 Å². The maximum atomic E-state index is 11.8. The maximum absolute atomic E-state index is 11.8. The number of esters is 1. The topological polar surface area (TPSA) is 26.3 Å². The first-order valence-electron chi connectivity index (χ1n) is 5.30. The highest BCUT2D eigenvalue weighted by Crippen LogP contribution is 2.54. The van der Waals surface area contributed by atoms with Crippen molar-refractivity contribution in [2.75, 3.05) is 6.61 Å². The number of hydrogen-bond donors (Lipinski definition) is 0. The Kier molecular flexibility index (Phi) is 2.46. The monoisotopic (exact) mass is 198 g/mol. The zero-order valence-corrected chi connectivity index (χ0v) is 10.2. The zero-order valence-electron chi connectivity index (χ0n) is 10.2. The minimum absolute atomic E-state index is 0.0480. The second-order valence-electron chi connectivity index (χ2n) is 6.02. The Morgan fingerprint density at radius 3 is 2.07 bits per heavy atom. The van der Waals surface area contributed by atoms with E-state index in [-0.39, 0.29) is 16.8 Å². The lowest BCUT2D eigenvalue weighted by Crippen LogP contribution is -2.47. The molecular weight excluding hydrogens is 176 g/mol. The van der Waals surface area contributed by atoms with Crippen LogP contribution in [0.25, 0.3) is 0 Å². The van der Waals surface area contributed by atoms with Gasteiger partial charge in [0.25, 0.3) is 0 Å². The molecule has 2 nitrogen and oxygen atoms in total. The third kappa shape index (κ3) is 1.35. The van der Waals surface area contributed by atoms with Gasteiger partial charge >= 0.3 is 5.97 Å². The van der Waals surface area contributed by atoms with E-state index in [0.717, 1.165) is 6.42 Å². The summed E-state index contributed by atoms with van der Waals surface area (Å²) in [5.74, 6) is -0.0620. The first kappa shape index (κ1) is 11.5. The third-order valence-electron chi connectivity index (χ3n) is 4.72. The van der Waals surface area contributed by atoms with Crippen molar-refractivity contribution >= 4 is 5.97 Å². The lowest BCUT2D eigenvalue weighted by Gasteiger charge is -2.48. The summed E-state index contributed by atoms with van der Waals surface area (Å²) < 4.78 is 5.25. The summed E-state index contributed by atoms with van der Waals surface area (Å²) >= 11 is 0. The fourth-order valence-electron chi connectivity index (χ4n) is 1.99. The van der Waals surface area contributed by atoms with Gasteiger partial charge in [-0.1, -0.05) is 27.7 Å². The molecule has 2 heteroatoms. The fraction of sp³-hybridized carbons (Fsp3) is 0.917. The van der Waals surface area contributed by atoms with E-state index < -0.39 is 5.41 Å². The first-order valence-corrected chi connectivity index (χ1v) is 5.30. The van der Waals surface area contributed by atoms with Crippen LogP contribution in [-0.2, 0) is 9.53 Å². The van der Waals surface area contributed by atoms with Crippen LogP contribution < -0.4 is 0 Å². The molecule has 0 unspecified atom stereocenters. The Morgan fingerprint density at radius 1 is 1.07 bits per heavy atom. The van der Waals surface area contributed by atoms with E-state index in [0.29, 0.717) is 6.61 Å². The van der Waals surface area contributed by atoms with Crippen molar-refractivity contribution in [3.63, 3.8) is 0 Å². The van der Waals surface area contributed by atoms with Gasteiger partial charge in [-0.05, 0) is 31.1 Å². The molecule has 1 fully saturated rings. The van der Waals surface area contributed by atoms with Crippen LogP contribution in [0.3, 0.4) is 0 Å². The van der Waals surface area contributed by atoms with Crippen molar-refractivity contribution in [1.82, 2.24) is 0 Å². The highest BCUT2D eigenvalue weighted by molar-refractivity contribution is 5.77. The number of carbonyl (C=O) groups excluding carboxylic acids is 1. The van der Waals surface area contributed by atoms with Crippen molar-refractivity contribution in [2.24, 2.45) is 16.2 Å². The average molecular weight is 198 g/mol. The minimum atomic E-state index is -0.410. The smallest absolute Gasteiger partial charge is 0.312 e. The number of ether oxygens (including phenoxy) is 1. The van der Waals surface area contributed by atoms with Crippen LogP contribution in [-0.4, -0.2) is 12.6 Å². The highest BCUT2D eigenvalue weighted by Gasteiger charge is 2.54. The van der Waals surface area contributed by atoms with Crippen LogP contribution in [0.5, 0.6) is 0 Å². The van der Waals surface area contributed by atoms with Gasteiger partial charge in [0.15, 0.2) is 0 Å². The quantitative estimate of drug-likeness (QED) is 0.559. The third-order valence-corrected chi connectivity index (χ3v) is 4.72. The highest BCUT2D eigenvalue weighted by atomic mass is 16.5. The SMILES string of the molecule is CC1(C)CCOC(=O)C(C)(C)C1(C)C. The molecule has 0 aromatic heterocycles. The van der Waals surface area contributed by atoms with E-state index in [1.807, 2.05) is 13.8 Å². The van der Waals surface area contributed by atoms with Gasteiger partial charge < -0.3 is 4.74 Å². The number of carbonyl (C=O) groups is 1. The first-order chi connectivity index (χ1) is 6.13. The molecule has 0 N–H and O–H groups in total. The molecule has 0 aromatic carbocycles. The number of hydrogen-bond acceptors (Lipinski definition) is 2. The molecular formula is C12H22O2. The number of rotatable bonds is 0. The Balaban J connectivity index is 3.19. The van der Waals surface area contributed by atoms with Crippen LogP contribution >= 0.6 is 0 Å². The zero-order chi connectivity index (χ0) is 11.2. The molecule has 0 aromatic rings. The largest absolute Gasteiger partial charge is 0.465 e. The molecule has 0 bridgehead atoms. The van der Waals surface area contributed by atoms with E-state index in [1.165, 1.54) is 0 Å². The van der Waals surface area contributed by atoms with Gasteiger partial charge in [-0.2, -0.15) is 0 Å². The molecule has 0 atom stereocenters. The number of cyclic esters (lactones) is 1. The molecule has 0 amide bonds. The van der Waals surface area contributed by atoms with Crippen LogP contribution in [0.2, 0.25) is 0 Å². The average Bonchev–Trinajstić information content (AvgIpc) is 2.05. The van der Waals surface area contributed by atoms with Crippen LogP contribution in [0, 0.1) is 16.2 Å². The van der Waals surface area contributed by atoms with E-state index in [9.17, 15) is 4.79 Å². The van der Waals surface area contributed by atoms with Crippen molar-refractivity contribution < 1.29 is 9.53 Å². The summed E-state index contributed by atoms with van der Waals surface area (Å²) in [6, 6.07) is 0. The van der Waals surface area contributed by atoms with Gasteiger partial charge in [-0.15, -0.1) is 0 Å². The van der Waals surface area contributed by atoms with Gasteiger partial charge in [0.1, 0.15) is 0 Å². The Hall–Kier alpha value is -0.530. The van der Waals surface area contributed by atoms with Gasteiger partial charge in [-0.25, -0.2) is 0 Å². The summed E-state index contributed by atoms with van der Waals surface area (Å²) in [5.41, 5.74) is -0.330. The minimum Gasteiger partial charge on any atom is -0.465 e. The summed E-state index contributed by atoms with van der Waals surface area (Å²) in [5, 5.41) is 0. The van der Waals surface area contributed by atoms with Crippen molar-refractivity contribution in [3.8, 4) is 0 Å². The fourth-order valence-corrected chi connectivity index (χ4v) is 1.99. The molecule has 1 heterocycles. The van der Waals surface area contributed by atoms with Crippen molar-refractivity contribution in [2.45, 2.75) is 48.0 Å². The lowest BCUT2D eigenvalue weighted by molar-refractivity contribution is -0.159. The van der Waals surface area contributed by atoms with E-state index in [4.69, 9.17) is 4.74 Å². The second kappa shape index (κ2) is 2.98. The molecule has 0 spiro atoms. The van der Waals surface area contributed by atoms with Gasteiger partial charge in [0, 0.05) is 0 Å². The summed E-state index contributed by atoms with van der Waals surface area (Å²) in [6.07, 6.45) is 0.940. The molecule has 14 heavy (non-hydrogen) atoms. The molecule has 0 radical (unpaired) electrons. The predicted molar refractivity (Wildman–Crippen MR) is 56.9 cm³/mol. The molecule has 0 aliphatic carbocycles. The van der Waals surface area contributed by atoms with Crippen LogP contribution in [0.4, 0.5) is 0 Å². The van der Waals surface area contributed by atoms with Gasteiger partial charge in [0.05, 0.1) is 12.0 Å². The Bertz CT molecular complexity index is 249. The Morgan fingerprint density at radius 2 is 1.57 bits per heavy atom. The molecule has 1 aliphatic rings. The van der Waals surface area contributed by atoms with E-state index in [1.54, 1.807) is 0 Å². The normalized spacial score (nSPS) is 29.1.